The Labute approximate surface area is 169 Å². The SMILES string of the molecule is CC(=O)N1CCC(Nc2cccc(N3CCCCC3)c2)CC1.Cl.Cl.Cl. The van der Waals surface area contributed by atoms with Crippen LogP contribution in [0.3, 0.4) is 0 Å². The van der Waals surface area contributed by atoms with E-state index < -0.39 is 0 Å². The molecule has 3 rings (SSSR count). The molecule has 2 saturated heterocycles. The lowest BCUT2D eigenvalue weighted by atomic mass is 10.0. The molecule has 1 amide bonds. The van der Waals surface area contributed by atoms with Crippen LogP contribution in [-0.2, 0) is 4.79 Å². The number of nitrogens with zero attached hydrogens (tertiary/aromatic N) is 2. The van der Waals surface area contributed by atoms with Crippen LogP contribution in [0.25, 0.3) is 0 Å². The monoisotopic (exact) mass is 409 g/mol. The van der Waals surface area contributed by atoms with Crippen LogP contribution in [-0.4, -0.2) is 43.0 Å². The van der Waals surface area contributed by atoms with Crippen molar-refractivity contribution in [2.75, 3.05) is 36.4 Å². The van der Waals surface area contributed by atoms with Crippen molar-refractivity contribution in [3.63, 3.8) is 0 Å². The second kappa shape index (κ2) is 11.7. The van der Waals surface area contributed by atoms with Gasteiger partial charge < -0.3 is 15.1 Å². The Hall–Kier alpha value is -0.840. The van der Waals surface area contributed by atoms with Crippen molar-refractivity contribution in [1.82, 2.24) is 4.90 Å². The van der Waals surface area contributed by atoms with E-state index in [9.17, 15) is 4.79 Å². The Bertz CT molecular complexity index is 516. The number of hydrogen-bond acceptors (Lipinski definition) is 3. The maximum atomic E-state index is 11.4. The number of likely N-dealkylation sites (tertiary alicyclic amines) is 1. The molecule has 1 aromatic rings. The van der Waals surface area contributed by atoms with Gasteiger partial charge in [-0.3, -0.25) is 4.79 Å². The quantitative estimate of drug-likeness (QED) is 0.804. The van der Waals surface area contributed by atoms with Crippen LogP contribution in [0.5, 0.6) is 0 Å². The maximum absolute atomic E-state index is 11.4. The van der Waals surface area contributed by atoms with E-state index in [0.717, 1.165) is 25.9 Å². The summed E-state index contributed by atoms with van der Waals surface area (Å²) < 4.78 is 0. The van der Waals surface area contributed by atoms with Crippen molar-refractivity contribution in [3.05, 3.63) is 24.3 Å². The summed E-state index contributed by atoms with van der Waals surface area (Å²) in [5.74, 6) is 0.200. The molecule has 1 aromatic carbocycles. The Morgan fingerprint density at radius 1 is 1.00 bits per heavy atom. The van der Waals surface area contributed by atoms with Crippen LogP contribution in [0.1, 0.15) is 39.0 Å². The third-order valence-corrected chi connectivity index (χ3v) is 4.88. The van der Waals surface area contributed by atoms with Gasteiger partial charge in [0.2, 0.25) is 5.91 Å². The molecule has 0 atom stereocenters. The van der Waals surface area contributed by atoms with Crippen LogP contribution in [0.4, 0.5) is 11.4 Å². The Balaban J connectivity index is 0.00000192. The summed E-state index contributed by atoms with van der Waals surface area (Å²) in [7, 11) is 0. The van der Waals surface area contributed by atoms with Gasteiger partial charge in [0.15, 0.2) is 0 Å². The van der Waals surface area contributed by atoms with Crippen LogP contribution >= 0.6 is 37.2 Å². The summed E-state index contributed by atoms with van der Waals surface area (Å²) in [5, 5.41) is 3.66. The molecule has 0 aromatic heterocycles. The topological polar surface area (TPSA) is 35.6 Å². The highest BCUT2D eigenvalue weighted by molar-refractivity contribution is 5.86. The molecule has 144 valence electrons. The number of nitrogens with one attached hydrogen (secondary N) is 1. The Morgan fingerprint density at radius 2 is 1.64 bits per heavy atom. The van der Waals surface area contributed by atoms with E-state index in [-0.39, 0.29) is 43.1 Å². The predicted molar refractivity (Wildman–Crippen MR) is 113 cm³/mol. The fourth-order valence-corrected chi connectivity index (χ4v) is 3.52. The smallest absolute Gasteiger partial charge is 0.219 e. The molecule has 1 N–H and O–H groups in total. The Kier molecular flexibility index (Phi) is 11.3. The molecule has 25 heavy (non-hydrogen) atoms. The highest BCUT2D eigenvalue weighted by Gasteiger charge is 2.20. The van der Waals surface area contributed by atoms with Gasteiger partial charge in [0.1, 0.15) is 0 Å². The first-order valence-corrected chi connectivity index (χ1v) is 8.59. The third kappa shape index (κ3) is 6.76. The van der Waals surface area contributed by atoms with Gasteiger partial charge in [0, 0.05) is 50.5 Å². The zero-order chi connectivity index (χ0) is 15.4. The molecule has 0 saturated carbocycles. The minimum atomic E-state index is 0. The third-order valence-electron chi connectivity index (χ3n) is 4.88. The van der Waals surface area contributed by atoms with Gasteiger partial charge in [-0.15, -0.1) is 37.2 Å². The average molecular weight is 411 g/mol. The second-order valence-electron chi connectivity index (χ2n) is 6.52. The van der Waals surface area contributed by atoms with Gasteiger partial charge in [-0.25, -0.2) is 0 Å². The maximum Gasteiger partial charge on any atom is 0.219 e. The largest absolute Gasteiger partial charge is 0.382 e. The van der Waals surface area contributed by atoms with E-state index >= 15 is 0 Å². The summed E-state index contributed by atoms with van der Waals surface area (Å²) in [5.41, 5.74) is 2.55. The van der Waals surface area contributed by atoms with Crippen LogP contribution in [0.2, 0.25) is 0 Å². The summed E-state index contributed by atoms with van der Waals surface area (Å²) in [4.78, 5) is 15.8. The van der Waals surface area contributed by atoms with Crippen molar-refractivity contribution >= 4 is 54.5 Å². The molecule has 2 aliphatic heterocycles. The summed E-state index contributed by atoms with van der Waals surface area (Å²) >= 11 is 0. The summed E-state index contributed by atoms with van der Waals surface area (Å²) in [6.07, 6.45) is 6.05. The van der Waals surface area contributed by atoms with E-state index in [4.69, 9.17) is 0 Å². The molecule has 2 heterocycles. The fourth-order valence-electron chi connectivity index (χ4n) is 3.52. The first-order valence-electron chi connectivity index (χ1n) is 8.59. The molecular weight excluding hydrogens is 381 g/mol. The van der Waals surface area contributed by atoms with Crippen molar-refractivity contribution in [2.24, 2.45) is 0 Å². The summed E-state index contributed by atoms with van der Waals surface area (Å²) in [6, 6.07) is 9.28. The molecule has 0 bridgehead atoms. The van der Waals surface area contributed by atoms with Gasteiger partial charge in [-0.2, -0.15) is 0 Å². The Morgan fingerprint density at radius 3 is 2.24 bits per heavy atom. The normalized spacial score (nSPS) is 17.6. The highest BCUT2D eigenvalue weighted by atomic mass is 35.5. The van der Waals surface area contributed by atoms with Gasteiger partial charge in [0.25, 0.3) is 0 Å². The highest BCUT2D eigenvalue weighted by Crippen LogP contribution is 2.24. The average Bonchev–Trinajstić information content (AvgIpc) is 2.56. The second-order valence-corrected chi connectivity index (χ2v) is 6.52. The molecule has 0 unspecified atom stereocenters. The molecule has 0 radical (unpaired) electrons. The van der Waals surface area contributed by atoms with E-state index in [1.165, 1.54) is 43.7 Å². The van der Waals surface area contributed by atoms with E-state index in [2.05, 4.69) is 34.5 Å². The zero-order valence-electron chi connectivity index (χ0n) is 14.8. The molecular formula is C18H30Cl3N3O. The number of carbonyl (C=O) groups is 1. The number of carbonyl (C=O) groups excluding carboxylic acids is 1. The molecule has 0 aliphatic carbocycles. The van der Waals surface area contributed by atoms with Crippen LogP contribution < -0.4 is 10.2 Å². The van der Waals surface area contributed by atoms with Gasteiger partial charge in [-0.05, 0) is 50.3 Å². The number of amides is 1. The number of rotatable bonds is 3. The predicted octanol–water partition coefficient (Wildman–Crippen LogP) is 4.37. The van der Waals surface area contributed by atoms with Crippen molar-refractivity contribution in [3.8, 4) is 0 Å². The lowest BCUT2D eigenvalue weighted by molar-refractivity contribution is -0.129. The van der Waals surface area contributed by atoms with E-state index in [1.807, 2.05) is 4.90 Å². The van der Waals surface area contributed by atoms with Gasteiger partial charge in [0.05, 0.1) is 0 Å². The lowest BCUT2D eigenvalue weighted by Gasteiger charge is -2.33. The number of benzene rings is 1. The standard InChI is InChI=1S/C18H27N3O.3ClH/c1-15(22)20-12-8-16(9-13-20)19-17-6-5-7-18(14-17)21-10-3-2-4-11-21;;;/h5-7,14,16,19H,2-4,8-13H2,1H3;3*1H. The number of hydrogen-bond donors (Lipinski definition) is 1. The first kappa shape index (κ1) is 24.2. The summed E-state index contributed by atoms with van der Waals surface area (Å²) in [6.45, 7) is 5.77. The van der Waals surface area contributed by atoms with E-state index in [1.54, 1.807) is 6.92 Å². The fraction of sp³-hybridized carbons (Fsp3) is 0.611. The molecule has 2 fully saturated rings. The zero-order valence-corrected chi connectivity index (χ0v) is 17.2. The minimum Gasteiger partial charge on any atom is -0.382 e. The van der Waals surface area contributed by atoms with Crippen molar-refractivity contribution < 1.29 is 4.79 Å². The molecule has 0 spiro atoms. The number of anilines is 2. The van der Waals surface area contributed by atoms with Crippen LogP contribution in [0, 0.1) is 0 Å². The van der Waals surface area contributed by atoms with Crippen molar-refractivity contribution in [1.29, 1.82) is 0 Å². The number of halogens is 3. The molecule has 4 nitrogen and oxygen atoms in total. The van der Waals surface area contributed by atoms with E-state index in [0.29, 0.717) is 6.04 Å². The van der Waals surface area contributed by atoms with Gasteiger partial charge in [-0.1, -0.05) is 6.07 Å². The van der Waals surface area contributed by atoms with Gasteiger partial charge >= 0.3 is 0 Å². The molecule has 2 aliphatic rings. The number of piperidine rings is 2. The van der Waals surface area contributed by atoms with Crippen LogP contribution in [0.15, 0.2) is 24.3 Å². The van der Waals surface area contributed by atoms with Crippen molar-refractivity contribution in [2.45, 2.75) is 45.1 Å². The lowest BCUT2D eigenvalue weighted by Crippen LogP contribution is -2.41. The minimum absolute atomic E-state index is 0. The molecule has 7 heteroatoms. The first-order chi connectivity index (χ1) is 10.7.